The summed E-state index contributed by atoms with van der Waals surface area (Å²) < 4.78 is 38.4. The second kappa shape index (κ2) is 26.0. The van der Waals surface area contributed by atoms with Crippen molar-refractivity contribution in [1.82, 2.24) is 47.2 Å². The van der Waals surface area contributed by atoms with E-state index in [0.717, 1.165) is 85.6 Å². The molecular weight excluding hydrogens is 1140 g/mol. The van der Waals surface area contributed by atoms with Gasteiger partial charge in [-0.3, -0.25) is 10.6 Å². The van der Waals surface area contributed by atoms with Gasteiger partial charge in [-0.25, -0.2) is 20.0 Å². The van der Waals surface area contributed by atoms with Crippen LogP contribution in [0.25, 0.3) is 16.7 Å². The van der Waals surface area contributed by atoms with Crippen LogP contribution in [-0.4, -0.2) is 145 Å². The van der Waals surface area contributed by atoms with Gasteiger partial charge in [0.05, 0.1) is 54.9 Å². The number of nitrogens with one attached hydrogen (secondary N) is 11. The van der Waals surface area contributed by atoms with Crippen molar-refractivity contribution >= 4 is 68.7 Å². The van der Waals surface area contributed by atoms with Crippen LogP contribution in [0, 0.1) is 22.6 Å². The number of halogens is 3. The molecule has 8 aliphatic heterocycles. The Bertz CT molecular complexity index is 3370. The molecule has 24 heteroatoms. The van der Waals surface area contributed by atoms with Gasteiger partial charge >= 0.3 is 12.6 Å². The van der Waals surface area contributed by atoms with Crippen molar-refractivity contribution in [2.75, 3.05) is 74.2 Å². The van der Waals surface area contributed by atoms with Crippen LogP contribution >= 0.6 is 23.2 Å². The van der Waals surface area contributed by atoms with E-state index in [4.69, 9.17) is 37.4 Å². The van der Waals surface area contributed by atoms with E-state index in [9.17, 15) is 14.9 Å². The molecule has 0 aliphatic carbocycles. The predicted octanol–water partition coefficient (Wildman–Crippen LogP) is 7.55. The van der Waals surface area contributed by atoms with Crippen LogP contribution in [0.4, 0.5) is 33.2 Å². The Hall–Kier alpha value is -6.05. The fraction of sp³-hybridized carbons (Fsp3) is 0.548. The van der Waals surface area contributed by atoms with Crippen LogP contribution in [-0.2, 0) is 19.3 Å². The number of hydrogen-bond acceptors (Lipinski definition) is 19. The Morgan fingerprint density at radius 3 is 1.84 bits per heavy atom. The summed E-state index contributed by atoms with van der Waals surface area (Å²) in [7, 11) is 1.83. The zero-order valence-corrected chi connectivity index (χ0v) is 51.3. The summed E-state index contributed by atoms with van der Waals surface area (Å²) in [6, 6.07) is 8.15. The second-order valence-corrected chi connectivity index (χ2v) is 25.3. The van der Waals surface area contributed by atoms with Crippen molar-refractivity contribution < 1.29 is 33.2 Å². The third kappa shape index (κ3) is 12.9. The van der Waals surface area contributed by atoms with Crippen LogP contribution in [0.2, 0.25) is 10.0 Å². The van der Waals surface area contributed by atoms with E-state index in [1.54, 1.807) is 6.07 Å². The summed E-state index contributed by atoms with van der Waals surface area (Å²) in [4.78, 5) is 38.3. The first-order chi connectivity index (χ1) is 41.5. The molecule has 0 amide bonds. The molecule has 0 radical (unpaired) electrons. The topological polar surface area (TPSA) is 246 Å². The first-order valence-corrected chi connectivity index (χ1v) is 31.5. The summed E-state index contributed by atoms with van der Waals surface area (Å²) in [5, 5.41) is 49.1. The van der Waals surface area contributed by atoms with E-state index in [0.29, 0.717) is 146 Å². The summed E-state index contributed by atoms with van der Waals surface area (Å²) in [6.45, 7) is 13.8. The Balaban J connectivity index is 0.735. The van der Waals surface area contributed by atoms with Crippen molar-refractivity contribution in [2.24, 2.45) is 0 Å². The number of ether oxygens (including phenoxy) is 3. The molecule has 0 spiro atoms. The molecule has 0 saturated carbocycles. The third-order valence-corrected chi connectivity index (χ3v) is 18.6. The number of nitrogens with zero attached hydrogens (tertiary/aromatic N) is 4. The smallest absolute Gasteiger partial charge is 0.335 e. The van der Waals surface area contributed by atoms with Gasteiger partial charge in [0.25, 0.3) is 12.3 Å². The molecule has 8 aliphatic rings. The number of aliphatic hydroxyl groups excluding tert-OH is 1. The first kappa shape index (κ1) is 60.2. The van der Waals surface area contributed by atoms with Gasteiger partial charge in [0.1, 0.15) is 35.3 Å². The molecule has 4 aromatic rings. The summed E-state index contributed by atoms with van der Waals surface area (Å²) in [5.41, 5.74) is 9.95. The van der Waals surface area contributed by atoms with Crippen molar-refractivity contribution in [2.45, 2.75) is 166 Å². The van der Waals surface area contributed by atoms with E-state index in [2.05, 4.69) is 101 Å². The number of aromatic nitrogens is 2. The molecule has 86 heavy (non-hydrogen) atoms. The lowest BCUT2D eigenvalue weighted by atomic mass is 9.95. The fourth-order valence-corrected chi connectivity index (χ4v) is 14.0. The number of fused-ring (bicyclic) bond motifs is 3. The van der Waals surface area contributed by atoms with Gasteiger partial charge in [-0.1, -0.05) is 41.4 Å². The highest BCUT2D eigenvalue weighted by atomic mass is 35.5. The first-order valence-electron chi connectivity index (χ1n) is 30.7. The van der Waals surface area contributed by atoms with Gasteiger partial charge < -0.3 is 56.5 Å². The maximum atomic E-state index is 16.7. The van der Waals surface area contributed by atoms with E-state index >= 15 is 4.39 Å². The largest absolute Gasteiger partial charge is 0.492 e. The maximum Gasteiger partial charge on any atom is 0.335 e. The Morgan fingerprint density at radius 2 is 1.23 bits per heavy atom. The highest BCUT2D eigenvalue weighted by Crippen LogP contribution is 2.49. The molecule has 2 saturated heterocycles. The molecule has 11 atom stereocenters. The number of allylic oxidation sites excluding steroid dienone is 2. The minimum atomic E-state index is -0.957. The van der Waals surface area contributed by atoms with E-state index in [1.165, 1.54) is 0 Å². The zero-order chi connectivity index (χ0) is 59.9. The minimum absolute atomic E-state index is 0.0471. The number of hydrogen-bond donors (Lipinski definition) is 12. The van der Waals surface area contributed by atoms with E-state index in [-0.39, 0.29) is 36.4 Å². The van der Waals surface area contributed by atoms with E-state index < -0.39 is 36.8 Å². The van der Waals surface area contributed by atoms with Crippen LogP contribution in [0.15, 0.2) is 42.5 Å². The molecule has 9 heterocycles. The molecule has 12 rings (SSSR count). The lowest BCUT2D eigenvalue weighted by Gasteiger charge is -2.29. The molecule has 8 unspecified atom stereocenters. The molecule has 2 fully saturated rings. The number of nitroso groups, excluding NO2 is 2. The van der Waals surface area contributed by atoms with Gasteiger partial charge in [-0.15, -0.1) is 0 Å². The zero-order valence-electron chi connectivity index (χ0n) is 49.8. The van der Waals surface area contributed by atoms with Gasteiger partial charge in [0.2, 0.25) is 5.95 Å². The average Bonchev–Trinajstić information content (AvgIpc) is 4.10. The SMILES string of the molecule is CNc1cc(C)nc(Nc2cc3c(c(C4=CCN[C@H](C)CC4)c2Cl)OC(CNC2CC(C)NC(Nc4cc5c(c(C6=CCN[C@@H](C)CC6)c4Cl)OC(CNC4CC(C)NC(Nc6cc7c(c(C8=CCNC[C@H](O)C8)c6F)OCC7)[N+]4=O)C5)[N+]2=O)C3)n1. The van der Waals surface area contributed by atoms with Crippen molar-refractivity contribution in [3.05, 3.63) is 107 Å². The van der Waals surface area contributed by atoms with Crippen LogP contribution in [0.5, 0.6) is 17.2 Å². The molecule has 12 N–H and O–H groups in total. The van der Waals surface area contributed by atoms with Crippen LogP contribution in [0.1, 0.15) is 112 Å². The summed E-state index contributed by atoms with van der Waals surface area (Å²) in [5.74, 6) is 2.57. The Morgan fingerprint density at radius 1 is 0.674 bits per heavy atom. The van der Waals surface area contributed by atoms with Crippen LogP contribution < -0.4 is 72.7 Å². The highest BCUT2D eigenvalue weighted by molar-refractivity contribution is 6.36. The number of rotatable bonds is 16. The van der Waals surface area contributed by atoms with Crippen molar-refractivity contribution in [1.29, 1.82) is 0 Å². The number of benzene rings is 3. The summed E-state index contributed by atoms with van der Waals surface area (Å²) >= 11 is 14.9. The molecule has 1 aromatic heterocycles. The minimum Gasteiger partial charge on any atom is -0.492 e. The Labute approximate surface area is 511 Å². The molecule has 21 nitrogen and oxygen atoms in total. The number of aliphatic hydroxyl groups is 1. The predicted molar refractivity (Wildman–Crippen MR) is 335 cm³/mol. The molecule has 460 valence electrons. The molecule has 3 aromatic carbocycles. The molecular formula is C62H82Cl2FN15O6+2. The Kier molecular flexibility index (Phi) is 18.2. The number of anilines is 5. The highest BCUT2D eigenvalue weighted by Gasteiger charge is 2.45. The van der Waals surface area contributed by atoms with Gasteiger partial charge in [0.15, 0.2) is 5.82 Å². The lowest BCUT2D eigenvalue weighted by Crippen LogP contribution is -2.62. The van der Waals surface area contributed by atoms with Gasteiger partial charge in [0, 0.05) is 158 Å². The quantitative estimate of drug-likeness (QED) is 0.0484. The maximum absolute atomic E-state index is 16.7. The van der Waals surface area contributed by atoms with Gasteiger partial charge in [-0.2, -0.15) is 4.98 Å². The monoisotopic (exact) mass is 1220 g/mol. The summed E-state index contributed by atoms with van der Waals surface area (Å²) in [6.07, 6.45) is 8.42. The van der Waals surface area contributed by atoms with Crippen molar-refractivity contribution in [3.8, 4) is 17.2 Å². The fourth-order valence-electron chi connectivity index (χ4n) is 13.3. The van der Waals surface area contributed by atoms with Gasteiger partial charge in [-0.05, 0) is 95.2 Å². The molecule has 0 bridgehead atoms. The van der Waals surface area contributed by atoms with Crippen molar-refractivity contribution in [3.63, 3.8) is 0 Å². The number of aryl methyl sites for hydroxylation is 1. The van der Waals surface area contributed by atoms with Crippen LogP contribution in [0.3, 0.4) is 0 Å². The normalized spacial score (nSPS) is 28.3. The van der Waals surface area contributed by atoms with E-state index in [1.807, 2.05) is 45.2 Å². The standard InChI is InChI=1S/C62H82Cl2FN15O6/c1-31-7-9-36(12-16-68-31)51-54(63)45(75-60-72-33(3)19-48(66-6)78-60)26-40-23-43(85-58(40)51)29-70-49-20-34(4)73-61(79(49)82)76-46-27-41-24-44(86-59(41)52(55(46)64)37-10-8-32(2)69-17-13-37)30-71-50-21-35(5)74-62(80(50)83)77-47-25-39-14-18-84-57(39)53(56(47)65)38-11-15-67-28-42(81)22-38/h11-13,19,25-27,31-32,34-35,42-44,49-50,61-62,67-71,73-74,76-77,81H,7-10,14-18,20-24,28-30H2,1-6H3,(H2,66,72,75,78)/q+2/t31-,32+,34?,35?,42-,43?,44?,49?,50?,61?,62?/m1/s1. The average molecular weight is 1220 g/mol. The third-order valence-electron chi connectivity index (χ3n) is 17.8. The second-order valence-electron chi connectivity index (χ2n) is 24.6. The number of β-amino-alcohol motifs (C(OH)–C–C–N with tert-alkyl or cyclic N) is 1. The lowest BCUT2D eigenvalue weighted by molar-refractivity contribution is -0.637.